The molecular formula is C23H25N3O7S. The predicted molar refractivity (Wildman–Crippen MR) is 126 cm³/mol. The Morgan fingerprint density at radius 2 is 2.00 bits per heavy atom. The molecule has 0 spiro atoms. The average molecular weight is 488 g/mol. The lowest BCUT2D eigenvalue weighted by molar-refractivity contribution is -0.144. The Morgan fingerprint density at radius 1 is 1.26 bits per heavy atom. The van der Waals surface area contributed by atoms with Crippen LogP contribution in [0.5, 0.6) is 11.5 Å². The van der Waals surface area contributed by atoms with Gasteiger partial charge in [0.25, 0.3) is 11.8 Å². The summed E-state index contributed by atoms with van der Waals surface area (Å²) in [6.07, 6.45) is -0.407. The summed E-state index contributed by atoms with van der Waals surface area (Å²) in [4.78, 5) is 47.8. The number of carbonyl (C=O) groups is 3. The second-order valence-corrected chi connectivity index (χ2v) is 9.41. The van der Waals surface area contributed by atoms with Crippen LogP contribution in [0.1, 0.15) is 48.3 Å². The number of rotatable bonds is 9. The van der Waals surface area contributed by atoms with Crippen molar-refractivity contribution in [3.8, 4) is 11.5 Å². The first-order chi connectivity index (χ1) is 16.1. The number of aliphatic carboxylic acids is 1. The Labute approximate surface area is 200 Å². The predicted octanol–water partition coefficient (Wildman–Crippen LogP) is 3.75. The summed E-state index contributed by atoms with van der Waals surface area (Å²) in [6.45, 7) is 5.11. The number of hydrogen-bond donors (Lipinski definition) is 3. The van der Waals surface area contributed by atoms with E-state index in [-0.39, 0.29) is 11.7 Å². The number of carboxylic acid groups (broad SMARTS) is 1. The van der Waals surface area contributed by atoms with E-state index >= 15 is 0 Å². The summed E-state index contributed by atoms with van der Waals surface area (Å²) in [5.41, 5.74) is 4.64. The van der Waals surface area contributed by atoms with Crippen molar-refractivity contribution in [1.29, 1.82) is 0 Å². The maximum atomic E-state index is 12.9. The molecule has 10 nitrogen and oxygen atoms in total. The number of carboxylic acids is 1. The smallest absolute Gasteiger partial charge is 0.305 e. The highest BCUT2D eigenvalue weighted by molar-refractivity contribution is 8.01. The van der Waals surface area contributed by atoms with E-state index in [1.165, 1.54) is 12.1 Å². The van der Waals surface area contributed by atoms with Crippen LogP contribution >= 0.6 is 11.8 Å². The minimum Gasteiger partial charge on any atom is -0.508 e. The highest BCUT2D eigenvalue weighted by Crippen LogP contribution is 2.43. The van der Waals surface area contributed by atoms with Crippen LogP contribution in [0.2, 0.25) is 0 Å². The van der Waals surface area contributed by atoms with Gasteiger partial charge >= 0.3 is 5.97 Å². The van der Waals surface area contributed by atoms with Crippen LogP contribution in [0.25, 0.3) is 0 Å². The van der Waals surface area contributed by atoms with Crippen molar-refractivity contribution in [3.05, 3.63) is 58.0 Å². The number of phenolic OH excluding ortho intramolecular Hbond substituents is 1. The van der Waals surface area contributed by atoms with E-state index in [0.29, 0.717) is 28.1 Å². The fourth-order valence-electron chi connectivity index (χ4n) is 3.53. The molecule has 11 heteroatoms. The molecule has 0 aliphatic carbocycles. The lowest BCUT2D eigenvalue weighted by Gasteiger charge is -2.25. The molecule has 0 saturated carbocycles. The molecule has 2 atom stereocenters. The molecule has 0 radical (unpaired) electrons. The molecule has 1 aliphatic heterocycles. The van der Waals surface area contributed by atoms with Crippen molar-refractivity contribution >= 4 is 35.2 Å². The van der Waals surface area contributed by atoms with E-state index in [0.717, 1.165) is 16.8 Å². The van der Waals surface area contributed by atoms with Crippen LogP contribution < -0.4 is 10.2 Å². The number of hydrogen-bond acceptors (Lipinski definition) is 8. The zero-order valence-electron chi connectivity index (χ0n) is 18.8. The van der Waals surface area contributed by atoms with Gasteiger partial charge in [0.2, 0.25) is 0 Å². The summed E-state index contributed by atoms with van der Waals surface area (Å²) < 4.78 is 5.70. The molecule has 3 rings (SSSR count). The molecule has 1 heterocycles. The van der Waals surface area contributed by atoms with Crippen LogP contribution in [0.15, 0.2) is 41.6 Å². The van der Waals surface area contributed by atoms with Crippen molar-refractivity contribution in [3.63, 3.8) is 0 Å². The fourth-order valence-corrected chi connectivity index (χ4v) is 4.89. The third-order valence-electron chi connectivity index (χ3n) is 5.21. The molecule has 1 saturated heterocycles. The van der Waals surface area contributed by atoms with E-state index in [9.17, 15) is 24.4 Å². The zero-order chi connectivity index (χ0) is 25.0. The number of aryl methyl sites for hydroxylation is 1. The third kappa shape index (κ3) is 5.66. The van der Waals surface area contributed by atoms with Crippen LogP contribution in [0.3, 0.4) is 0 Å². The monoisotopic (exact) mass is 487 g/mol. The molecule has 1 aliphatic rings. The van der Waals surface area contributed by atoms with Crippen LogP contribution in [-0.4, -0.2) is 44.9 Å². The van der Waals surface area contributed by atoms with Crippen LogP contribution in [0.4, 0.5) is 5.69 Å². The van der Waals surface area contributed by atoms with Crippen LogP contribution in [0, 0.1) is 11.8 Å². The normalized spacial score (nSPS) is 17.6. The first kappa shape index (κ1) is 25.0. The first-order valence-corrected chi connectivity index (χ1v) is 11.4. The Hall–Kier alpha value is -3.60. The van der Waals surface area contributed by atoms with Gasteiger partial charge in [0.1, 0.15) is 22.6 Å². The summed E-state index contributed by atoms with van der Waals surface area (Å²) >= 11 is 1.07. The summed E-state index contributed by atoms with van der Waals surface area (Å²) in [7, 11) is 0. The molecule has 2 aromatic rings. The van der Waals surface area contributed by atoms with Crippen molar-refractivity contribution in [2.45, 2.75) is 43.7 Å². The number of amides is 2. The summed E-state index contributed by atoms with van der Waals surface area (Å²) in [5.74, 6) is -1.92. The summed E-state index contributed by atoms with van der Waals surface area (Å²) in [5, 5.41) is 21.4. The number of nitrogens with zero attached hydrogens (tertiary/aromatic N) is 2. The van der Waals surface area contributed by atoms with Crippen LogP contribution in [-0.2, 0) is 14.4 Å². The van der Waals surface area contributed by atoms with Gasteiger partial charge in [-0.05, 0) is 59.0 Å². The van der Waals surface area contributed by atoms with Crippen molar-refractivity contribution < 1.29 is 29.3 Å². The number of ether oxygens (including phenoxy) is 1. The number of thioether (sulfide) groups is 1. The van der Waals surface area contributed by atoms with Gasteiger partial charge in [0.05, 0.1) is 11.7 Å². The Kier molecular flexibility index (Phi) is 7.77. The molecule has 2 unspecified atom stereocenters. The largest absolute Gasteiger partial charge is 0.508 e. The van der Waals surface area contributed by atoms with Gasteiger partial charge in [-0.3, -0.25) is 19.8 Å². The van der Waals surface area contributed by atoms with E-state index < -0.39 is 41.4 Å². The van der Waals surface area contributed by atoms with Gasteiger partial charge in [-0.2, -0.15) is 0 Å². The number of hydrazine groups is 1. The quantitative estimate of drug-likeness (QED) is 0.453. The Balaban J connectivity index is 1.77. The number of phenols is 1. The highest BCUT2D eigenvalue weighted by atomic mass is 32.2. The fraction of sp³-hybridized carbons (Fsp3) is 0.348. The molecule has 3 N–H and O–H groups in total. The molecule has 2 amide bonds. The maximum absolute atomic E-state index is 12.9. The van der Waals surface area contributed by atoms with Crippen molar-refractivity contribution in [2.24, 2.45) is 5.18 Å². The second kappa shape index (κ2) is 10.6. The minimum atomic E-state index is -1.14. The Morgan fingerprint density at radius 3 is 2.62 bits per heavy atom. The maximum Gasteiger partial charge on any atom is 0.305 e. The molecule has 180 valence electrons. The zero-order valence-corrected chi connectivity index (χ0v) is 19.7. The van der Waals surface area contributed by atoms with E-state index in [2.05, 4.69) is 10.6 Å². The van der Waals surface area contributed by atoms with E-state index in [1.54, 1.807) is 31.2 Å². The van der Waals surface area contributed by atoms with Gasteiger partial charge in [-0.15, -0.1) is 16.7 Å². The molecule has 34 heavy (non-hydrogen) atoms. The molecule has 2 aromatic carbocycles. The van der Waals surface area contributed by atoms with Gasteiger partial charge in [0.15, 0.2) is 6.61 Å². The van der Waals surface area contributed by atoms with Gasteiger partial charge < -0.3 is 14.9 Å². The number of nitrogens with one attached hydrogen (secondary N) is 1. The van der Waals surface area contributed by atoms with Gasteiger partial charge in [-0.1, -0.05) is 26.0 Å². The SMILES string of the molecule is Cc1cc(OCC(=O)NN2C(=O)C(CC(=O)O)SC2c2cccc(O)c2)c(C(C)C)cc1N=O. The summed E-state index contributed by atoms with van der Waals surface area (Å²) in [6, 6.07) is 9.44. The lowest BCUT2D eigenvalue weighted by atomic mass is 9.99. The molecule has 0 bridgehead atoms. The lowest BCUT2D eigenvalue weighted by Crippen LogP contribution is -2.47. The highest BCUT2D eigenvalue weighted by Gasteiger charge is 2.43. The average Bonchev–Trinajstić information content (AvgIpc) is 3.06. The van der Waals surface area contributed by atoms with Gasteiger partial charge in [0, 0.05) is 0 Å². The molecular weight excluding hydrogens is 462 g/mol. The molecule has 0 aromatic heterocycles. The number of aromatic hydroxyl groups is 1. The Bertz CT molecular complexity index is 1120. The second-order valence-electron chi connectivity index (χ2n) is 8.12. The first-order valence-electron chi connectivity index (χ1n) is 10.5. The standard InChI is InChI=1S/C23H25N3O7S/c1-12(2)16-9-17(25-32)13(3)7-18(16)33-11-20(28)24-26-22(31)19(10-21(29)30)34-23(26)14-5-4-6-15(27)8-14/h4-9,12,19,23,27H,10-11H2,1-3H3,(H,24,28)(H,29,30). The van der Waals surface area contributed by atoms with Crippen molar-refractivity contribution in [1.82, 2.24) is 10.4 Å². The van der Waals surface area contributed by atoms with Crippen molar-refractivity contribution in [2.75, 3.05) is 6.61 Å². The van der Waals surface area contributed by atoms with E-state index in [1.807, 2.05) is 13.8 Å². The van der Waals surface area contributed by atoms with Gasteiger partial charge in [-0.25, -0.2) is 5.01 Å². The topological polar surface area (TPSA) is 146 Å². The third-order valence-corrected chi connectivity index (χ3v) is 6.65. The minimum absolute atomic E-state index is 0.00244. The number of carbonyl (C=O) groups excluding carboxylic acids is 2. The number of nitroso groups, excluding NO2 is 1. The van der Waals surface area contributed by atoms with E-state index in [4.69, 9.17) is 9.84 Å². The number of benzene rings is 2. The molecule has 1 fully saturated rings.